The zero-order chi connectivity index (χ0) is 17.1. The van der Waals surface area contributed by atoms with Crippen molar-refractivity contribution in [3.8, 4) is 0 Å². The number of rotatable bonds is 6. The number of pyridine rings is 1. The average Bonchev–Trinajstić information content (AvgIpc) is 3.27. The molecule has 0 spiro atoms. The van der Waals surface area contributed by atoms with Crippen molar-refractivity contribution in [1.29, 1.82) is 0 Å². The number of halogens is 1. The van der Waals surface area contributed by atoms with Crippen LogP contribution in [0.1, 0.15) is 36.2 Å². The zero-order valence-electron chi connectivity index (χ0n) is 14.2. The summed E-state index contributed by atoms with van der Waals surface area (Å²) in [6, 6.07) is 1.95. The maximum absolute atomic E-state index is 6.06. The van der Waals surface area contributed by atoms with Gasteiger partial charge in [0.25, 0.3) is 0 Å². The summed E-state index contributed by atoms with van der Waals surface area (Å²) in [5.41, 5.74) is 3.12. The second-order valence-corrected chi connectivity index (χ2v) is 7.14. The third kappa shape index (κ3) is 3.99. The number of nitrogens with one attached hydrogen (secondary N) is 1. The molecule has 0 saturated carbocycles. The van der Waals surface area contributed by atoms with Gasteiger partial charge in [-0.25, -0.2) is 15.0 Å². The van der Waals surface area contributed by atoms with E-state index in [0.717, 1.165) is 53.8 Å². The van der Waals surface area contributed by atoms with Gasteiger partial charge >= 0.3 is 0 Å². The lowest BCUT2D eigenvalue weighted by Crippen LogP contribution is -2.21. The van der Waals surface area contributed by atoms with E-state index in [1.54, 1.807) is 6.20 Å². The highest BCUT2D eigenvalue weighted by Gasteiger charge is 2.11. The van der Waals surface area contributed by atoms with Gasteiger partial charge in [0.2, 0.25) is 0 Å². The molecule has 0 aromatic carbocycles. The lowest BCUT2D eigenvalue weighted by Gasteiger charge is -2.13. The van der Waals surface area contributed by atoms with Crippen LogP contribution in [0.2, 0.25) is 5.02 Å². The quantitative estimate of drug-likeness (QED) is 0.733. The van der Waals surface area contributed by atoms with Crippen LogP contribution in [0.4, 0.5) is 0 Å². The smallest absolute Gasteiger partial charge is 0.137 e. The Morgan fingerprint density at radius 2 is 1.88 bits per heavy atom. The first-order chi connectivity index (χ1) is 12.3. The van der Waals surface area contributed by atoms with Crippen LogP contribution in [0, 0.1) is 0 Å². The summed E-state index contributed by atoms with van der Waals surface area (Å²) in [5.74, 6) is 0.937. The number of aryl methyl sites for hydroxylation is 1. The molecule has 1 aliphatic rings. The van der Waals surface area contributed by atoms with E-state index in [9.17, 15) is 0 Å². The van der Waals surface area contributed by atoms with E-state index in [0.29, 0.717) is 5.02 Å². The number of nitrogens with zero attached hydrogens (tertiary/aromatic N) is 4. The van der Waals surface area contributed by atoms with Crippen LogP contribution in [0.25, 0.3) is 11.0 Å². The van der Waals surface area contributed by atoms with Crippen molar-refractivity contribution in [2.45, 2.75) is 32.1 Å². The number of likely N-dealkylation sites (tertiary alicyclic amines) is 1. The SMILES string of the molecule is Clc1cnc2[nH]cc(Cc3cnc(CCCN4CCCC4)nc3)c2c1. The van der Waals surface area contributed by atoms with Gasteiger partial charge in [0.15, 0.2) is 0 Å². The Bertz CT molecular complexity index is 837. The third-order valence-electron chi connectivity index (χ3n) is 4.81. The Hall–Kier alpha value is -1.98. The molecular weight excluding hydrogens is 334 g/mol. The molecule has 0 bridgehead atoms. The maximum atomic E-state index is 6.06. The summed E-state index contributed by atoms with van der Waals surface area (Å²) in [7, 11) is 0. The largest absolute Gasteiger partial charge is 0.346 e. The van der Waals surface area contributed by atoms with Gasteiger partial charge in [-0.05, 0) is 56.1 Å². The van der Waals surface area contributed by atoms with Crippen LogP contribution >= 0.6 is 11.6 Å². The molecule has 130 valence electrons. The summed E-state index contributed by atoms with van der Waals surface area (Å²) in [4.78, 5) is 19.1. The maximum Gasteiger partial charge on any atom is 0.137 e. The van der Waals surface area contributed by atoms with Crippen molar-refractivity contribution in [1.82, 2.24) is 24.8 Å². The van der Waals surface area contributed by atoms with Gasteiger partial charge in [-0.3, -0.25) is 0 Å². The van der Waals surface area contributed by atoms with Crippen LogP contribution in [0.15, 0.2) is 30.9 Å². The minimum absolute atomic E-state index is 0.651. The standard InChI is InChI=1S/C19H22ClN5/c20-16-9-17-15(12-23-19(17)24-13-16)8-14-10-21-18(22-11-14)4-3-7-25-5-1-2-6-25/h9-13H,1-8H2,(H,23,24). The molecule has 25 heavy (non-hydrogen) atoms. The fraction of sp³-hybridized carbons (Fsp3) is 0.421. The van der Waals surface area contributed by atoms with Crippen LogP contribution in [-0.2, 0) is 12.8 Å². The van der Waals surface area contributed by atoms with E-state index >= 15 is 0 Å². The fourth-order valence-corrected chi connectivity index (χ4v) is 3.63. The van der Waals surface area contributed by atoms with Crippen molar-refractivity contribution in [3.63, 3.8) is 0 Å². The first kappa shape index (κ1) is 16.5. The number of aromatic nitrogens is 4. The molecule has 4 rings (SSSR count). The summed E-state index contributed by atoms with van der Waals surface area (Å²) >= 11 is 6.06. The minimum Gasteiger partial charge on any atom is -0.346 e. The highest BCUT2D eigenvalue weighted by molar-refractivity contribution is 6.31. The fourth-order valence-electron chi connectivity index (χ4n) is 3.47. The van der Waals surface area contributed by atoms with E-state index in [-0.39, 0.29) is 0 Å². The molecule has 4 heterocycles. The molecule has 0 radical (unpaired) electrons. The van der Waals surface area contributed by atoms with Crippen LogP contribution in [0.3, 0.4) is 0 Å². The number of H-pyrrole nitrogens is 1. The normalized spacial score (nSPS) is 15.2. The monoisotopic (exact) mass is 355 g/mol. The van der Waals surface area contributed by atoms with Gasteiger partial charge in [-0.15, -0.1) is 0 Å². The topological polar surface area (TPSA) is 57.7 Å². The van der Waals surface area contributed by atoms with Crippen LogP contribution < -0.4 is 0 Å². The summed E-state index contributed by atoms with van der Waals surface area (Å²) in [6.07, 6.45) is 13.1. The Labute approximate surface area is 152 Å². The second kappa shape index (κ2) is 7.50. The van der Waals surface area contributed by atoms with Crippen molar-refractivity contribution < 1.29 is 0 Å². The lowest BCUT2D eigenvalue weighted by molar-refractivity contribution is 0.333. The minimum atomic E-state index is 0.651. The van der Waals surface area contributed by atoms with Gasteiger partial charge in [0, 0.05) is 43.0 Å². The van der Waals surface area contributed by atoms with Crippen LogP contribution in [0.5, 0.6) is 0 Å². The summed E-state index contributed by atoms with van der Waals surface area (Å²) in [5, 5.41) is 1.71. The van der Waals surface area contributed by atoms with Crippen LogP contribution in [-0.4, -0.2) is 44.5 Å². The molecule has 0 amide bonds. The van der Waals surface area contributed by atoms with Gasteiger partial charge < -0.3 is 9.88 Å². The molecule has 0 aliphatic carbocycles. The van der Waals surface area contributed by atoms with E-state index < -0.39 is 0 Å². The molecule has 1 saturated heterocycles. The Balaban J connectivity index is 1.37. The number of fused-ring (bicyclic) bond motifs is 1. The summed E-state index contributed by atoms with van der Waals surface area (Å²) in [6.45, 7) is 3.67. The van der Waals surface area contributed by atoms with E-state index in [1.807, 2.05) is 24.7 Å². The van der Waals surface area contributed by atoms with Gasteiger partial charge in [-0.2, -0.15) is 0 Å². The molecule has 1 fully saturated rings. The third-order valence-corrected chi connectivity index (χ3v) is 5.02. The van der Waals surface area contributed by atoms with Gasteiger partial charge in [0.05, 0.1) is 5.02 Å². The van der Waals surface area contributed by atoms with Crippen molar-refractivity contribution >= 4 is 22.6 Å². The molecule has 3 aromatic rings. The molecule has 6 heteroatoms. The molecule has 0 unspecified atom stereocenters. The lowest BCUT2D eigenvalue weighted by atomic mass is 10.1. The highest BCUT2D eigenvalue weighted by atomic mass is 35.5. The van der Waals surface area contributed by atoms with Gasteiger partial charge in [0.1, 0.15) is 11.5 Å². The van der Waals surface area contributed by atoms with Crippen molar-refractivity contribution in [2.24, 2.45) is 0 Å². The first-order valence-electron chi connectivity index (χ1n) is 8.91. The Morgan fingerprint density at radius 1 is 1.08 bits per heavy atom. The van der Waals surface area contributed by atoms with Crippen molar-refractivity contribution in [2.75, 3.05) is 19.6 Å². The number of hydrogen-bond acceptors (Lipinski definition) is 4. The first-order valence-corrected chi connectivity index (χ1v) is 9.29. The predicted molar refractivity (Wildman–Crippen MR) is 99.9 cm³/mol. The molecule has 0 atom stereocenters. The zero-order valence-corrected chi connectivity index (χ0v) is 15.0. The Morgan fingerprint density at radius 3 is 2.68 bits per heavy atom. The van der Waals surface area contributed by atoms with E-state index in [1.165, 1.54) is 25.9 Å². The van der Waals surface area contributed by atoms with E-state index in [2.05, 4.69) is 24.8 Å². The molecular formula is C19H22ClN5. The molecule has 3 aromatic heterocycles. The van der Waals surface area contributed by atoms with Crippen molar-refractivity contribution in [3.05, 3.63) is 52.8 Å². The second-order valence-electron chi connectivity index (χ2n) is 6.70. The Kier molecular flexibility index (Phi) is 4.95. The predicted octanol–water partition coefficient (Wildman–Crippen LogP) is 3.63. The number of aromatic amines is 1. The summed E-state index contributed by atoms with van der Waals surface area (Å²) < 4.78 is 0. The van der Waals surface area contributed by atoms with E-state index in [4.69, 9.17) is 11.6 Å². The molecule has 5 nitrogen and oxygen atoms in total. The molecule has 1 aliphatic heterocycles. The highest BCUT2D eigenvalue weighted by Crippen LogP contribution is 2.22. The van der Waals surface area contributed by atoms with Gasteiger partial charge in [-0.1, -0.05) is 11.6 Å². The average molecular weight is 356 g/mol. The molecule has 1 N–H and O–H groups in total. The number of hydrogen-bond donors (Lipinski definition) is 1.